The summed E-state index contributed by atoms with van der Waals surface area (Å²) in [6.45, 7) is 4.22. The highest BCUT2D eigenvalue weighted by molar-refractivity contribution is 5.76. The van der Waals surface area contributed by atoms with E-state index in [9.17, 15) is 9.18 Å². The molecule has 1 aliphatic rings. The Morgan fingerprint density at radius 3 is 2.94 bits per heavy atom. The van der Waals surface area contributed by atoms with Gasteiger partial charge in [0.05, 0.1) is 0 Å². The maximum atomic E-state index is 13.1. The summed E-state index contributed by atoms with van der Waals surface area (Å²) >= 11 is 0. The van der Waals surface area contributed by atoms with Crippen LogP contribution in [0.25, 0.3) is 0 Å². The van der Waals surface area contributed by atoms with E-state index in [1.54, 1.807) is 12.1 Å². The van der Waals surface area contributed by atoms with Crippen LogP contribution in [0.15, 0.2) is 24.3 Å². The van der Waals surface area contributed by atoms with E-state index in [0.29, 0.717) is 18.3 Å². The number of hydrogen-bond donors (Lipinski definition) is 1. The van der Waals surface area contributed by atoms with Crippen LogP contribution in [0.1, 0.15) is 44.6 Å². The van der Waals surface area contributed by atoms with Gasteiger partial charge in [0.1, 0.15) is 5.82 Å². The average molecular weight is 249 g/mol. The monoisotopic (exact) mass is 249 g/mol. The van der Waals surface area contributed by atoms with Crippen molar-refractivity contribution in [1.82, 2.24) is 5.32 Å². The zero-order chi connectivity index (χ0) is 13.1. The van der Waals surface area contributed by atoms with Crippen molar-refractivity contribution in [3.63, 3.8) is 0 Å². The molecule has 1 fully saturated rings. The standard InChI is InChI=1S/C15H20FNO/c1-10(2)6-7-15(18)17-14-9-13(14)11-4-3-5-12(16)8-11/h3-5,8,10,13-14H,6-7,9H2,1-2H3,(H,17,18)/t13-,14-/m1/s1. The normalized spacial score (nSPS) is 22.0. The summed E-state index contributed by atoms with van der Waals surface area (Å²) in [4.78, 5) is 11.7. The fraction of sp³-hybridized carbons (Fsp3) is 0.533. The number of halogens is 1. The first kappa shape index (κ1) is 13.1. The smallest absolute Gasteiger partial charge is 0.220 e. The molecule has 0 spiro atoms. The Kier molecular flexibility index (Phi) is 4.00. The van der Waals surface area contributed by atoms with Gasteiger partial charge in [-0.2, -0.15) is 0 Å². The Hall–Kier alpha value is -1.38. The van der Waals surface area contributed by atoms with Gasteiger partial charge in [0.2, 0.25) is 5.91 Å². The summed E-state index contributed by atoms with van der Waals surface area (Å²) in [5, 5.41) is 3.02. The van der Waals surface area contributed by atoms with Crippen molar-refractivity contribution in [2.24, 2.45) is 5.92 Å². The Labute approximate surface area is 108 Å². The lowest BCUT2D eigenvalue weighted by atomic mass is 10.1. The van der Waals surface area contributed by atoms with Gasteiger partial charge < -0.3 is 5.32 Å². The van der Waals surface area contributed by atoms with Crippen LogP contribution in [-0.2, 0) is 4.79 Å². The molecule has 1 saturated carbocycles. The molecule has 1 N–H and O–H groups in total. The second-order valence-electron chi connectivity index (χ2n) is 5.50. The van der Waals surface area contributed by atoms with E-state index in [2.05, 4.69) is 19.2 Å². The lowest BCUT2D eigenvalue weighted by Gasteiger charge is -2.06. The van der Waals surface area contributed by atoms with Crippen molar-refractivity contribution in [2.75, 3.05) is 0 Å². The second kappa shape index (κ2) is 5.51. The number of amides is 1. The third kappa shape index (κ3) is 3.56. The van der Waals surface area contributed by atoms with Gasteiger partial charge in [-0.3, -0.25) is 4.79 Å². The first-order valence-corrected chi connectivity index (χ1v) is 6.61. The van der Waals surface area contributed by atoms with Gasteiger partial charge in [0.25, 0.3) is 0 Å². The summed E-state index contributed by atoms with van der Waals surface area (Å²) in [5.41, 5.74) is 0.990. The van der Waals surface area contributed by atoms with Crippen molar-refractivity contribution in [1.29, 1.82) is 0 Å². The van der Waals surface area contributed by atoms with Crippen LogP contribution in [0.5, 0.6) is 0 Å². The quantitative estimate of drug-likeness (QED) is 0.852. The van der Waals surface area contributed by atoms with Crippen LogP contribution in [0, 0.1) is 11.7 Å². The predicted octanol–water partition coefficient (Wildman–Crippen LogP) is 3.23. The third-order valence-corrected chi connectivity index (χ3v) is 3.36. The molecule has 18 heavy (non-hydrogen) atoms. The van der Waals surface area contributed by atoms with Gasteiger partial charge in [0.15, 0.2) is 0 Å². The molecular weight excluding hydrogens is 229 g/mol. The number of carbonyl (C=O) groups is 1. The highest BCUT2D eigenvalue weighted by atomic mass is 19.1. The zero-order valence-electron chi connectivity index (χ0n) is 10.9. The number of rotatable bonds is 5. The van der Waals surface area contributed by atoms with E-state index in [0.717, 1.165) is 18.4 Å². The summed E-state index contributed by atoms with van der Waals surface area (Å²) in [6.07, 6.45) is 2.43. The third-order valence-electron chi connectivity index (χ3n) is 3.36. The molecule has 0 aromatic heterocycles. The molecule has 3 heteroatoms. The van der Waals surface area contributed by atoms with Gasteiger partial charge >= 0.3 is 0 Å². The Bertz CT molecular complexity index is 430. The maximum absolute atomic E-state index is 13.1. The molecule has 1 aromatic carbocycles. The molecule has 0 saturated heterocycles. The second-order valence-corrected chi connectivity index (χ2v) is 5.50. The van der Waals surface area contributed by atoms with Crippen molar-refractivity contribution in [3.05, 3.63) is 35.6 Å². The highest BCUT2D eigenvalue weighted by Crippen LogP contribution is 2.40. The van der Waals surface area contributed by atoms with Crippen LogP contribution in [0.3, 0.4) is 0 Å². The molecule has 0 unspecified atom stereocenters. The largest absolute Gasteiger partial charge is 0.353 e. The Morgan fingerprint density at radius 1 is 1.50 bits per heavy atom. The first-order valence-electron chi connectivity index (χ1n) is 6.61. The van der Waals surface area contributed by atoms with Crippen molar-refractivity contribution in [3.8, 4) is 0 Å². The minimum atomic E-state index is -0.204. The van der Waals surface area contributed by atoms with Crippen LogP contribution in [0.4, 0.5) is 4.39 Å². The SMILES string of the molecule is CC(C)CCC(=O)N[C@@H]1C[C@@H]1c1cccc(F)c1. The predicted molar refractivity (Wildman–Crippen MR) is 69.8 cm³/mol. The van der Waals surface area contributed by atoms with Gasteiger partial charge in [0, 0.05) is 18.4 Å². The highest BCUT2D eigenvalue weighted by Gasteiger charge is 2.39. The summed E-state index contributed by atoms with van der Waals surface area (Å²) < 4.78 is 13.1. The number of hydrogen-bond acceptors (Lipinski definition) is 1. The van der Waals surface area contributed by atoms with E-state index in [4.69, 9.17) is 0 Å². The molecule has 0 heterocycles. The summed E-state index contributed by atoms with van der Waals surface area (Å²) in [5.74, 6) is 0.759. The van der Waals surface area contributed by atoms with Gasteiger partial charge in [-0.05, 0) is 36.5 Å². The van der Waals surface area contributed by atoms with E-state index in [-0.39, 0.29) is 17.8 Å². The van der Waals surface area contributed by atoms with Crippen LogP contribution in [-0.4, -0.2) is 11.9 Å². The fourth-order valence-corrected chi connectivity index (χ4v) is 2.16. The van der Waals surface area contributed by atoms with E-state index >= 15 is 0 Å². The van der Waals surface area contributed by atoms with E-state index < -0.39 is 0 Å². The molecule has 0 bridgehead atoms. The Morgan fingerprint density at radius 2 is 2.28 bits per heavy atom. The minimum Gasteiger partial charge on any atom is -0.353 e. The summed E-state index contributed by atoms with van der Waals surface area (Å²) in [7, 11) is 0. The molecule has 2 rings (SSSR count). The number of benzene rings is 1. The lowest BCUT2D eigenvalue weighted by molar-refractivity contribution is -0.121. The average Bonchev–Trinajstić information content (AvgIpc) is 3.06. The van der Waals surface area contributed by atoms with Gasteiger partial charge in [-0.15, -0.1) is 0 Å². The fourth-order valence-electron chi connectivity index (χ4n) is 2.16. The molecule has 2 atom stereocenters. The lowest BCUT2D eigenvalue weighted by Crippen LogP contribution is -2.26. The van der Waals surface area contributed by atoms with Gasteiger partial charge in [-0.25, -0.2) is 4.39 Å². The topological polar surface area (TPSA) is 29.1 Å². The van der Waals surface area contributed by atoms with Crippen molar-refractivity contribution in [2.45, 2.75) is 45.1 Å². The van der Waals surface area contributed by atoms with Crippen LogP contribution < -0.4 is 5.32 Å². The molecule has 98 valence electrons. The summed E-state index contributed by atoms with van der Waals surface area (Å²) in [6, 6.07) is 6.85. The molecule has 2 nitrogen and oxygen atoms in total. The van der Waals surface area contributed by atoms with E-state index in [1.165, 1.54) is 6.07 Å². The van der Waals surface area contributed by atoms with E-state index in [1.807, 2.05) is 6.07 Å². The molecule has 1 aliphatic carbocycles. The molecule has 1 aromatic rings. The maximum Gasteiger partial charge on any atom is 0.220 e. The van der Waals surface area contributed by atoms with Crippen molar-refractivity contribution < 1.29 is 9.18 Å². The molecule has 0 aliphatic heterocycles. The molecular formula is C15H20FNO. The number of nitrogens with one attached hydrogen (secondary N) is 1. The van der Waals surface area contributed by atoms with Crippen LogP contribution >= 0.6 is 0 Å². The first-order chi connectivity index (χ1) is 8.56. The van der Waals surface area contributed by atoms with Crippen molar-refractivity contribution >= 4 is 5.91 Å². The minimum absolute atomic E-state index is 0.118. The molecule has 1 amide bonds. The molecule has 0 radical (unpaired) electrons. The van der Waals surface area contributed by atoms with Gasteiger partial charge in [-0.1, -0.05) is 26.0 Å². The number of carbonyl (C=O) groups excluding carboxylic acids is 1. The zero-order valence-corrected chi connectivity index (χ0v) is 10.9. The Balaban J connectivity index is 1.79. The van der Waals surface area contributed by atoms with Crippen LogP contribution in [0.2, 0.25) is 0 Å².